The van der Waals surface area contributed by atoms with E-state index >= 15 is 0 Å². The molecule has 1 nitrogen and oxygen atoms in total. The van der Waals surface area contributed by atoms with Gasteiger partial charge in [0.15, 0.2) is 0 Å². The lowest BCUT2D eigenvalue weighted by Gasteiger charge is -2.05. The lowest BCUT2D eigenvalue weighted by Crippen LogP contribution is -1.99. The lowest BCUT2D eigenvalue weighted by atomic mass is 10.1. The minimum atomic E-state index is 0.585. The van der Waals surface area contributed by atoms with Crippen LogP contribution in [0.25, 0.3) is 0 Å². The van der Waals surface area contributed by atoms with E-state index in [9.17, 15) is 0 Å². The van der Waals surface area contributed by atoms with Crippen LogP contribution in [0.3, 0.4) is 0 Å². The molecule has 12 heavy (non-hydrogen) atoms. The molecule has 0 saturated carbocycles. The Labute approximate surface area is 76.7 Å². The average Bonchev–Trinajstić information content (AvgIpc) is 2.07. The summed E-state index contributed by atoms with van der Waals surface area (Å²) in [5.41, 5.74) is 2.62. The molecule has 0 N–H and O–H groups in total. The molecular weight excluding hydrogens is 164 g/mol. The second kappa shape index (κ2) is 4.31. The van der Waals surface area contributed by atoms with Gasteiger partial charge >= 0.3 is 9.76 Å². The Bertz CT molecular complexity index is 258. The van der Waals surface area contributed by atoms with Crippen molar-refractivity contribution in [3.05, 3.63) is 29.3 Å². The summed E-state index contributed by atoms with van der Waals surface area (Å²) in [4.78, 5) is 0. The van der Waals surface area contributed by atoms with Crippen LogP contribution in [0.4, 0.5) is 0 Å². The highest BCUT2D eigenvalue weighted by Gasteiger charge is 1.96. The van der Waals surface area contributed by atoms with Crippen molar-refractivity contribution < 1.29 is 4.43 Å². The van der Waals surface area contributed by atoms with Crippen LogP contribution in [0, 0.1) is 13.8 Å². The summed E-state index contributed by atoms with van der Waals surface area (Å²) in [7, 11) is 0.585. The third-order valence-electron chi connectivity index (χ3n) is 1.81. The Morgan fingerprint density at radius 1 is 1.25 bits per heavy atom. The van der Waals surface area contributed by atoms with Crippen molar-refractivity contribution in [3.63, 3.8) is 0 Å². The van der Waals surface area contributed by atoms with Gasteiger partial charge in [-0.05, 0) is 43.2 Å². The van der Waals surface area contributed by atoms with Crippen molar-refractivity contribution in [2.24, 2.45) is 0 Å². The van der Waals surface area contributed by atoms with E-state index in [0.717, 1.165) is 11.8 Å². The van der Waals surface area contributed by atoms with Crippen LogP contribution in [-0.4, -0.2) is 9.76 Å². The van der Waals surface area contributed by atoms with E-state index < -0.39 is 0 Å². The summed E-state index contributed by atoms with van der Waals surface area (Å²) >= 11 is 0. The summed E-state index contributed by atoms with van der Waals surface area (Å²) in [5, 5.41) is 0. The van der Waals surface area contributed by atoms with Gasteiger partial charge in [0.25, 0.3) is 0 Å². The van der Waals surface area contributed by atoms with Crippen LogP contribution in [0.2, 0.25) is 6.04 Å². The van der Waals surface area contributed by atoms with Gasteiger partial charge in [-0.3, -0.25) is 0 Å². The zero-order chi connectivity index (χ0) is 8.97. The maximum Gasteiger partial charge on any atom is 0.310 e. The van der Waals surface area contributed by atoms with E-state index in [1.54, 1.807) is 0 Å². The van der Waals surface area contributed by atoms with Gasteiger partial charge in [0.2, 0.25) is 0 Å². The highest BCUT2D eigenvalue weighted by Crippen LogP contribution is 2.15. The summed E-state index contributed by atoms with van der Waals surface area (Å²) in [6.45, 7) is 6.35. The van der Waals surface area contributed by atoms with Gasteiger partial charge in [0, 0.05) is 0 Å². The third-order valence-corrected chi connectivity index (χ3v) is 2.48. The predicted molar refractivity (Wildman–Crippen MR) is 52.8 cm³/mol. The van der Waals surface area contributed by atoms with E-state index in [4.69, 9.17) is 4.43 Å². The zero-order valence-corrected chi connectivity index (χ0v) is 8.85. The standard InChI is InChI=1S/C10H14OSi/c1-4-12-11-10-6-5-8(2)9(3)7-10/h5-7H,4H2,1-3H3. The molecule has 64 valence electrons. The first-order chi connectivity index (χ1) is 5.74. The van der Waals surface area contributed by atoms with Crippen molar-refractivity contribution in [1.29, 1.82) is 0 Å². The lowest BCUT2D eigenvalue weighted by molar-refractivity contribution is 0.593. The largest absolute Gasteiger partial charge is 0.541 e. The van der Waals surface area contributed by atoms with Gasteiger partial charge in [0.05, 0.1) is 0 Å². The Morgan fingerprint density at radius 3 is 2.58 bits per heavy atom. The molecule has 0 unspecified atom stereocenters. The zero-order valence-electron chi connectivity index (χ0n) is 7.85. The SMILES string of the molecule is CC[Si]Oc1ccc(C)c(C)c1. The summed E-state index contributed by atoms with van der Waals surface area (Å²) in [6, 6.07) is 7.32. The molecule has 0 heterocycles. The molecule has 0 spiro atoms. The van der Waals surface area contributed by atoms with Crippen molar-refractivity contribution in [1.82, 2.24) is 0 Å². The molecule has 0 aliphatic rings. The molecule has 0 aliphatic carbocycles. The first-order valence-corrected chi connectivity index (χ1v) is 5.32. The van der Waals surface area contributed by atoms with E-state index in [0.29, 0.717) is 9.76 Å². The molecule has 0 bridgehead atoms. The molecule has 1 aromatic carbocycles. The molecular formula is C10H14OSi. The van der Waals surface area contributed by atoms with Crippen LogP contribution in [-0.2, 0) is 0 Å². The molecule has 0 aromatic heterocycles. The van der Waals surface area contributed by atoms with Gasteiger partial charge in [0.1, 0.15) is 5.75 Å². The first kappa shape index (κ1) is 9.33. The first-order valence-electron chi connectivity index (χ1n) is 4.21. The van der Waals surface area contributed by atoms with Crippen molar-refractivity contribution in [2.45, 2.75) is 26.8 Å². The maximum atomic E-state index is 5.52. The summed E-state index contributed by atoms with van der Waals surface area (Å²) in [5.74, 6) is 0.998. The van der Waals surface area contributed by atoms with Crippen LogP contribution < -0.4 is 4.43 Å². The van der Waals surface area contributed by atoms with Crippen LogP contribution in [0.5, 0.6) is 5.75 Å². The number of hydrogen-bond donors (Lipinski definition) is 0. The average molecular weight is 178 g/mol. The highest BCUT2D eigenvalue weighted by atomic mass is 28.2. The smallest absolute Gasteiger partial charge is 0.310 e. The predicted octanol–water partition coefficient (Wildman–Crippen LogP) is 2.74. The molecule has 1 rings (SSSR count). The number of hydrogen-bond acceptors (Lipinski definition) is 1. The van der Waals surface area contributed by atoms with E-state index in [1.807, 2.05) is 6.07 Å². The molecule has 0 amide bonds. The normalized spacial score (nSPS) is 9.92. The fraction of sp³-hybridized carbons (Fsp3) is 0.400. The number of aryl methyl sites for hydroxylation is 2. The van der Waals surface area contributed by atoms with E-state index in [2.05, 4.69) is 32.9 Å². The molecule has 2 radical (unpaired) electrons. The second-order valence-electron chi connectivity index (χ2n) is 2.85. The molecule has 0 saturated heterocycles. The molecule has 0 aliphatic heterocycles. The topological polar surface area (TPSA) is 9.23 Å². The second-order valence-corrected chi connectivity index (χ2v) is 4.05. The molecule has 0 fully saturated rings. The third kappa shape index (κ3) is 2.38. The highest BCUT2D eigenvalue weighted by molar-refractivity contribution is 6.28. The molecule has 0 atom stereocenters. The number of rotatable bonds is 3. The van der Waals surface area contributed by atoms with Gasteiger partial charge in [-0.2, -0.15) is 0 Å². The Kier molecular flexibility index (Phi) is 3.35. The Balaban J connectivity index is 2.69. The van der Waals surface area contributed by atoms with Crippen molar-refractivity contribution in [2.75, 3.05) is 0 Å². The van der Waals surface area contributed by atoms with Crippen LogP contribution >= 0.6 is 0 Å². The Morgan fingerprint density at radius 2 is 2.00 bits per heavy atom. The summed E-state index contributed by atoms with van der Waals surface area (Å²) in [6.07, 6.45) is 0. The van der Waals surface area contributed by atoms with Crippen molar-refractivity contribution >= 4 is 9.76 Å². The van der Waals surface area contributed by atoms with Crippen molar-refractivity contribution in [3.8, 4) is 5.75 Å². The molecule has 1 aromatic rings. The number of benzene rings is 1. The molecule has 2 heteroatoms. The Hall–Kier alpha value is -0.763. The van der Waals surface area contributed by atoms with E-state index in [1.165, 1.54) is 11.1 Å². The van der Waals surface area contributed by atoms with Crippen LogP contribution in [0.15, 0.2) is 18.2 Å². The van der Waals surface area contributed by atoms with Gasteiger partial charge in [-0.25, -0.2) is 0 Å². The van der Waals surface area contributed by atoms with Gasteiger partial charge in [-0.15, -0.1) is 0 Å². The monoisotopic (exact) mass is 178 g/mol. The minimum Gasteiger partial charge on any atom is -0.541 e. The summed E-state index contributed by atoms with van der Waals surface area (Å²) < 4.78 is 5.52. The fourth-order valence-corrected chi connectivity index (χ4v) is 1.37. The minimum absolute atomic E-state index is 0.585. The fourth-order valence-electron chi connectivity index (χ4n) is 0.933. The van der Waals surface area contributed by atoms with Gasteiger partial charge in [-0.1, -0.05) is 13.0 Å². The quantitative estimate of drug-likeness (QED) is 0.647. The van der Waals surface area contributed by atoms with Crippen LogP contribution in [0.1, 0.15) is 18.1 Å². The van der Waals surface area contributed by atoms with E-state index in [-0.39, 0.29) is 0 Å². The maximum absolute atomic E-state index is 5.52. The van der Waals surface area contributed by atoms with Gasteiger partial charge < -0.3 is 4.43 Å².